The first kappa shape index (κ1) is 38.1. The van der Waals surface area contributed by atoms with Gasteiger partial charge in [0.05, 0.1) is 18.0 Å². The number of carbonyl (C=O) groups is 2. The van der Waals surface area contributed by atoms with Gasteiger partial charge in [-0.2, -0.15) is 0 Å². The zero-order valence-electron chi connectivity index (χ0n) is 31.1. The number of hydrogen-bond donors (Lipinski definition) is 3. The number of amides is 2. The van der Waals surface area contributed by atoms with Crippen molar-refractivity contribution >= 4 is 32.6 Å². The molecule has 0 radical (unpaired) electrons. The van der Waals surface area contributed by atoms with Crippen molar-refractivity contribution in [2.45, 2.75) is 101 Å². The van der Waals surface area contributed by atoms with Crippen LogP contribution in [0.5, 0.6) is 17.2 Å². The Bertz CT molecular complexity index is 2030. The molecule has 11 nitrogen and oxygen atoms in total. The number of fused-ring (bicyclic) bond motifs is 2. The third kappa shape index (κ3) is 9.48. The minimum atomic E-state index is -4.12. The molecular formula is C41H50N4O7S. The first-order valence-electron chi connectivity index (χ1n) is 18.3. The molecule has 1 saturated heterocycles. The molecule has 0 aliphatic carbocycles. The number of carbonyl (C=O) groups excluding carboxylic acids is 2. The molecule has 282 valence electrons. The molecule has 12 heteroatoms. The predicted molar refractivity (Wildman–Crippen MR) is 204 cm³/mol. The fraction of sp³-hybridized carbons (Fsp3) is 0.415. The van der Waals surface area contributed by atoms with Crippen molar-refractivity contribution in [2.24, 2.45) is 0 Å². The average Bonchev–Trinajstić information content (AvgIpc) is 3.61. The van der Waals surface area contributed by atoms with Gasteiger partial charge >= 0.3 is 0 Å². The highest BCUT2D eigenvalue weighted by molar-refractivity contribution is 7.89. The molecule has 2 aliphatic heterocycles. The van der Waals surface area contributed by atoms with Crippen LogP contribution in [0.2, 0.25) is 0 Å². The van der Waals surface area contributed by atoms with Crippen molar-refractivity contribution in [3.63, 3.8) is 0 Å². The van der Waals surface area contributed by atoms with Crippen LogP contribution in [0.25, 0.3) is 10.8 Å². The molecule has 0 bridgehead atoms. The first-order chi connectivity index (χ1) is 25.4. The van der Waals surface area contributed by atoms with Crippen LogP contribution in [0.1, 0.15) is 76.1 Å². The van der Waals surface area contributed by atoms with E-state index in [1.54, 1.807) is 49.6 Å². The molecular weight excluding hydrogens is 693 g/mol. The summed E-state index contributed by atoms with van der Waals surface area (Å²) in [6.45, 7) is 9.20. The van der Waals surface area contributed by atoms with Crippen molar-refractivity contribution in [1.82, 2.24) is 20.3 Å². The zero-order valence-corrected chi connectivity index (χ0v) is 31.9. The van der Waals surface area contributed by atoms with Gasteiger partial charge in [0.2, 0.25) is 28.6 Å². The van der Waals surface area contributed by atoms with E-state index in [2.05, 4.69) is 46.2 Å². The van der Waals surface area contributed by atoms with Crippen LogP contribution in [0.4, 0.5) is 0 Å². The standard InChI is InChI=1S/C41H50N4O7S/c1-26(2)42-41(47)37(19-29-9-11-30(12-10-29)24-45-27(3)7-6-8-28(45)4)43-40(46)23-36(33-15-18-38-39(22-33)52-25-51-38)44-53(48,49)35-17-14-31-20-34(50-5)16-13-32(31)21-35/h9-18,20-22,26-28,36-37,44H,6-8,19,23-25H2,1-5H3,(H,42,47)(H,43,46). The van der Waals surface area contributed by atoms with Gasteiger partial charge in [-0.15, -0.1) is 0 Å². The van der Waals surface area contributed by atoms with Gasteiger partial charge in [-0.3, -0.25) is 14.5 Å². The molecule has 53 heavy (non-hydrogen) atoms. The van der Waals surface area contributed by atoms with E-state index >= 15 is 0 Å². The monoisotopic (exact) mass is 742 g/mol. The minimum absolute atomic E-state index is 0.0433. The number of sulfonamides is 1. The average molecular weight is 743 g/mol. The number of hydrogen-bond acceptors (Lipinski definition) is 8. The van der Waals surface area contributed by atoms with Gasteiger partial charge in [-0.1, -0.05) is 48.9 Å². The smallest absolute Gasteiger partial charge is 0.243 e. The van der Waals surface area contributed by atoms with E-state index in [1.807, 2.05) is 32.0 Å². The topological polar surface area (TPSA) is 135 Å². The molecule has 4 aromatic carbocycles. The number of benzene rings is 4. The van der Waals surface area contributed by atoms with Crippen LogP contribution >= 0.6 is 0 Å². The van der Waals surface area contributed by atoms with Crippen LogP contribution in [-0.4, -0.2) is 63.2 Å². The largest absolute Gasteiger partial charge is 0.497 e. The summed E-state index contributed by atoms with van der Waals surface area (Å²) < 4.78 is 46.9. The molecule has 1 fully saturated rings. The second kappa shape index (κ2) is 16.6. The quantitative estimate of drug-likeness (QED) is 0.143. The van der Waals surface area contributed by atoms with Crippen LogP contribution in [0, 0.1) is 0 Å². The summed E-state index contributed by atoms with van der Waals surface area (Å²) in [6.07, 6.45) is 3.65. The molecule has 4 unspecified atom stereocenters. The Hall–Kier alpha value is -4.65. The highest BCUT2D eigenvalue weighted by atomic mass is 32.2. The minimum Gasteiger partial charge on any atom is -0.497 e. The number of nitrogens with zero attached hydrogens (tertiary/aromatic N) is 1. The lowest BCUT2D eigenvalue weighted by Crippen LogP contribution is -2.50. The maximum atomic E-state index is 13.9. The molecule has 0 saturated carbocycles. The van der Waals surface area contributed by atoms with E-state index in [9.17, 15) is 18.0 Å². The van der Waals surface area contributed by atoms with Crippen molar-refractivity contribution in [3.8, 4) is 17.2 Å². The van der Waals surface area contributed by atoms with E-state index < -0.39 is 28.0 Å². The van der Waals surface area contributed by atoms with Gasteiger partial charge < -0.3 is 24.8 Å². The summed E-state index contributed by atoms with van der Waals surface area (Å²) in [5.74, 6) is 0.834. The maximum Gasteiger partial charge on any atom is 0.243 e. The third-order valence-corrected chi connectivity index (χ3v) is 11.6. The van der Waals surface area contributed by atoms with Crippen LogP contribution in [0.3, 0.4) is 0 Å². The second-order valence-corrected chi connectivity index (χ2v) is 16.2. The number of piperidine rings is 1. The van der Waals surface area contributed by atoms with E-state index in [1.165, 1.54) is 30.9 Å². The van der Waals surface area contributed by atoms with Gasteiger partial charge in [-0.05, 0) is 104 Å². The fourth-order valence-electron chi connectivity index (χ4n) is 7.16. The van der Waals surface area contributed by atoms with E-state index in [0.717, 1.165) is 17.5 Å². The molecule has 4 aromatic rings. The predicted octanol–water partition coefficient (Wildman–Crippen LogP) is 6.00. The number of ether oxygens (including phenoxy) is 3. The SMILES string of the molecule is COc1ccc2cc(S(=O)(=O)NC(CC(=O)NC(Cc3ccc(CN4C(C)CCCC4C)cc3)C(=O)NC(C)C)c3ccc4c(c3)OCO4)ccc2c1. The summed E-state index contributed by atoms with van der Waals surface area (Å²) in [6, 6.07) is 22.5. The Balaban J connectivity index is 1.21. The molecule has 6 rings (SSSR count). The zero-order chi connectivity index (χ0) is 37.7. The van der Waals surface area contributed by atoms with Gasteiger partial charge in [0.15, 0.2) is 11.5 Å². The second-order valence-electron chi connectivity index (χ2n) is 14.5. The molecule has 2 amide bonds. The number of likely N-dealkylation sites (tertiary alicyclic amines) is 1. The van der Waals surface area contributed by atoms with Crippen LogP contribution in [0.15, 0.2) is 83.8 Å². The van der Waals surface area contributed by atoms with Gasteiger partial charge in [0.1, 0.15) is 11.8 Å². The summed E-state index contributed by atoms with van der Waals surface area (Å²) in [5.41, 5.74) is 2.61. The van der Waals surface area contributed by atoms with Crippen LogP contribution < -0.4 is 29.6 Å². The van der Waals surface area contributed by atoms with Gasteiger partial charge in [0.25, 0.3) is 0 Å². The maximum absolute atomic E-state index is 13.9. The van der Waals surface area contributed by atoms with Gasteiger partial charge in [-0.25, -0.2) is 13.1 Å². The Kier molecular flexibility index (Phi) is 11.9. The number of rotatable bonds is 14. The molecule has 0 aromatic heterocycles. The van der Waals surface area contributed by atoms with Crippen molar-refractivity contribution < 1.29 is 32.2 Å². The third-order valence-electron chi connectivity index (χ3n) is 10.1. The van der Waals surface area contributed by atoms with Crippen molar-refractivity contribution in [2.75, 3.05) is 13.9 Å². The Morgan fingerprint density at radius 2 is 1.53 bits per heavy atom. The molecule has 3 N–H and O–H groups in total. The lowest BCUT2D eigenvalue weighted by molar-refractivity contribution is -0.129. The molecule has 0 spiro atoms. The Morgan fingerprint density at radius 1 is 0.849 bits per heavy atom. The van der Waals surface area contributed by atoms with Gasteiger partial charge in [0, 0.05) is 37.5 Å². The summed E-state index contributed by atoms with van der Waals surface area (Å²) in [5, 5.41) is 7.38. The summed E-state index contributed by atoms with van der Waals surface area (Å²) in [7, 11) is -2.55. The Labute approximate surface area is 312 Å². The fourth-order valence-corrected chi connectivity index (χ4v) is 8.41. The molecule has 2 heterocycles. The normalized spacial score (nSPS) is 18.5. The highest BCUT2D eigenvalue weighted by Gasteiger charge is 2.29. The highest BCUT2D eigenvalue weighted by Crippen LogP contribution is 2.35. The summed E-state index contributed by atoms with van der Waals surface area (Å²) in [4.78, 5) is 29.9. The first-order valence-corrected chi connectivity index (χ1v) is 19.8. The van der Waals surface area contributed by atoms with E-state index in [-0.39, 0.29) is 36.5 Å². The van der Waals surface area contributed by atoms with E-state index in [0.29, 0.717) is 40.3 Å². The molecule has 2 aliphatic rings. The number of nitrogens with one attached hydrogen (secondary N) is 3. The van der Waals surface area contributed by atoms with E-state index in [4.69, 9.17) is 14.2 Å². The Morgan fingerprint density at radius 3 is 2.25 bits per heavy atom. The van der Waals surface area contributed by atoms with Crippen LogP contribution in [-0.2, 0) is 32.6 Å². The molecule has 4 atom stereocenters. The summed E-state index contributed by atoms with van der Waals surface area (Å²) >= 11 is 0. The lowest BCUT2D eigenvalue weighted by Gasteiger charge is -2.39. The van der Waals surface area contributed by atoms with Crippen molar-refractivity contribution in [3.05, 3.63) is 95.6 Å². The van der Waals surface area contributed by atoms with Crippen molar-refractivity contribution in [1.29, 1.82) is 0 Å². The lowest BCUT2D eigenvalue weighted by atomic mass is 9.96. The number of methoxy groups -OCH3 is 1.